The number of aromatic nitrogens is 2. The standard InChI is InChI=1S/C13H24N4/c1-11-15-12(10-16(11)3)13(9-14-2)17-7-5-4-6-8-17/h10,13-14H,4-9H2,1-3H3. The Bertz CT molecular complexity index is 333. The molecule has 2 rings (SSSR count). The van der Waals surface area contributed by atoms with Gasteiger partial charge in [0.05, 0.1) is 11.7 Å². The van der Waals surface area contributed by atoms with E-state index in [1.54, 1.807) is 0 Å². The van der Waals surface area contributed by atoms with Gasteiger partial charge >= 0.3 is 0 Å². The highest BCUT2D eigenvalue weighted by Gasteiger charge is 2.23. The van der Waals surface area contributed by atoms with Crippen molar-refractivity contribution in [1.29, 1.82) is 0 Å². The number of hydrogen-bond donors (Lipinski definition) is 1. The van der Waals surface area contributed by atoms with Crippen LogP contribution >= 0.6 is 0 Å². The minimum atomic E-state index is 0.431. The van der Waals surface area contributed by atoms with Crippen molar-refractivity contribution in [2.45, 2.75) is 32.2 Å². The SMILES string of the molecule is CNCC(c1cn(C)c(C)n1)N1CCCCC1. The van der Waals surface area contributed by atoms with Gasteiger partial charge in [0.1, 0.15) is 5.82 Å². The summed E-state index contributed by atoms with van der Waals surface area (Å²) in [5.74, 6) is 1.10. The number of aryl methyl sites for hydroxylation is 2. The Morgan fingerprint density at radius 1 is 1.35 bits per heavy atom. The smallest absolute Gasteiger partial charge is 0.105 e. The molecular formula is C13H24N4. The molecule has 1 saturated heterocycles. The normalized spacial score (nSPS) is 19.5. The van der Waals surface area contributed by atoms with Gasteiger partial charge in [0.25, 0.3) is 0 Å². The number of likely N-dealkylation sites (N-methyl/N-ethyl adjacent to an activating group) is 1. The zero-order valence-corrected chi connectivity index (χ0v) is 11.2. The molecule has 0 bridgehead atoms. The van der Waals surface area contributed by atoms with Crippen LogP contribution in [0.2, 0.25) is 0 Å². The van der Waals surface area contributed by atoms with Crippen LogP contribution in [0.5, 0.6) is 0 Å². The first-order valence-electron chi connectivity index (χ1n) is 6.61. The van der Waals surface area contributed by atoms with Crippen molar-refractivity contribution in [2.75, 3.05) is 26.7 Å². The summed E-state index contributed by atoms with van der Waals surface area (Å²) in [7, 11) is 4.09. The van der Waals surface area contributed by atoms with Crippen molar-refractivity contribution in [1.82, 2.24) is 19.8 Å². The summed E-state index contributed by atoms with van der Waals surface area (Å²) in [5.41, 5.74) is 1.21. The molecule has 2 heterocycles. The van der Waals surface area contributed by atoms with E-state index in [4.69, 9.17) is 0 Å². The van der Waals surface area contributed by atoms with Crippen molar-refractivity contribution < 1.29 is 0 Å². The van der Waals surface area contributed by atoms with Gasteiger partial charge in [-0.05, 0) is 39.9 Å². The quantitative estimate of drug-likeness (QED) is 0.859. The molecule has 0 aromatic carbocycles. The van der Waals surface area contributed by atoms with Crippen LogP contribution < -0.4 is 5.32 Å². The van der Waals surface area contributed by atoms with Crippen LogP contribution in [0.25, 0.3) is 0 Å². The molecule has 1 aliphatic rings. The molecule has 4 nitrogen and oxygen atoms in total. The number of imidazole rings is 1. The van der Waals surface area contributed by atoms with Gasteiger partial charge in [0.15, 0.2) is 0 Å². The highest BCUT2D eigenvalue weighted by Crippen LogP contribution is 2.23. The van der Waals surface area contributed by atoms with Gasteiger partial charge < -0.3 is 9.88 Å². The number of piperidine rings is 1. The predicted octanol–water partition coefficient (Wildman–Crippen LogP) is 1.47. The van der Waals surface area contributed by atoms with Crippen molar-refractivity contribution in [2.24, 2.45) is 7.05 Å². The van der Waals surface area contributed by atoms with E-state index in [2.05, 4.69) is 39.9 Å². The lowest BCUT2D eigenvalue weighted by molar-refractivity contribution is 0.159. The Morgan fingerprint density at radius 3 is 2.59 bits per heavy atom. The van der Waals surface area contributed by atoms with Gasteiger partial charge in [-0.25, -0.2) is 4.98 Å². The summed E-state index contributed by atoms with van der Waals surface area (Å²) in [4.78, 5) is 7.26. The fourth-order valence-corrected chi connectivity index (χ4v) is 2.59. The van der Waals surface area contributed by atoms with Gasteiger partial charge in [0, 0.05) is 19.8 Å². The molecule has 96 valence electrons. The molecule has 0 radical (unpaired) electrons. The maximum absolute atomic E-state index is 4.69. The molecule has 1 aromatic heterocycles. The second-order valence-corrected chi connectivity index (χ2v) is 4.99. The Labute approximate surface area is 104 Å². The van der Waals surface area contributed by atoms with Crippen LogP contribution in [0.1, 0.15) is 36.8 Å². The number of rotatable bonds is 4. The fourth-order valence-electron chi connectivity index (χ4n) is 2.59. The molecule has 1 aromatic rings. The number of likely N-dealkylation sites (tertiary alicyclic amines) is 1. The van der Waals surface area contributed by atoms with E-state index >= 15 is 0 Å². The molecule has 0 spiro atoms. The molecule has 4 heteroatoms. The van der Waals surface area contributed by atoms with E-state index in [0.29, 0.717) is 6.04 Å². The van der Waals surface area contributed by atoms with Crippen LogP contribution in [0.4, 0.5) is 0 Å². The minimum Gasteiger partial charge on any atom is -0.338 e. The first-order chi connectivity index (χ1) is 8.22. The third-order valence-corrected chi connectivity index (χ3v) is 3.70. The van der Waals surface area contributed by atoms with Crippen LogP contribution in [0, 0.1) is 6.92 Å². The van der Waals surface area contributed by atoms with Crippen molar-refractivity contribution in [3.8, 4) is 0 Å². The topological polar surface area (TPSA) is 33.1 Å². The van der Waals surface area contributed by atoms with E-state index in [1.165, 1.54) is 38.0 Å². The molecule has 0 amide bonds. The van der Waals surface area contributed by atoms with E-state index in [1.807, 2.05) is 7.05 Å². The third-order valence-electron chi connectivity index (χ3n) is 3.70. The van der Waals surface area contributed by atoms with Crippen molar-refractivity contribution in [3.63, 3.8) is 0 Å². The van der Waals surface area contributed by atoms with Crippen LogP contribution in [0.15, 0.2) is 6.20 Å². The number of nitrogens with one attached hydrogen (secondary N) is 1. The lowest BCUT2D eigenvalue weighted by atomic mass is 10.1. The van der Waals surface area contributed by atoms with E-state index in [0.717, 1.165) is 12.4 Å². The highest BCUT2D eigenvalue weighted by molar-refractivity contribution is 5.09. The fraction of sp³-hybridized carbons (Fsp3) is 0.769. The number of nitrogens with zero attached hydrogens (tertiary/aromatic N) is 3. The minimum absolute atomic E-state index is 0.431. The summed E-state index contributed by atoms with van der Waals surface area (Å²) in [5, 5.41) is 3.30. The summed E-state index contributed by atoms with van der Waals surface area (Å²) >= 11 is 0. The monoisotopic (exact) mass is 236 g/mol. The predicted molar refractivity (Wildman–Crippen MR) is 70.0 cm³/mol. The van der Waals surface area contributed by atoms with E-state index in [-0.39, 0.29) is 0 Å². The molecule has 1 aliphatic heterocycles. The van der Waals surface area contributed by atoms with Gasteiger partial charge in [-0.3, -0.25) is 4.90 Å². The summed E-state index contributed by atoms with van der Waals surface area (Å²) in [6.07, 6.45) is 6.20. The van der Waals surface area contributed by atoms with Crippen LogP contribution in [0.3, 0.4) is 0 Å². The van der Waals surface area contributed by atoms with E-state index < -0.39 is 0 Å². The Kier molecular flexibility index (Phi) is 4.18. The Balaban J connectivity index is 2.15. The van der Waals surface area contributed by atoms with Crippen molar-refractivity contribution in [3.05, 3.63) is 17.7 Å². The van der Waals surface area contributed by atoms with Gasteiger partial charge in [-0.1, -0.05) is 6.42 Å². The van der Waals surface area contributed by atoms with Crippen LogP contribution in [-0.2, 0) is 7.05 Å². The zero-order chi connectivity index (χ0) is 12.3. The van der Waals surface area contributed by atoms with Gasteiger partial charge in [0.2, 0.25) is 0 Å². The Morgan fingerprint density at radius 2 is 2.06 bits per heavy atom. The van der Waals surface area contributed by atoms with Crippen LogP contribution in [-0.4, -0.2) is 41.1 Å². The van der Waals surface area contributed by atoms with Gasteiger partial charge in [-0.2, -0.15) is 0 Å². The lowest BCUT2D eigenvalue weighted by Gasteiger charge is -2.33. The Hall–Kier alpha value is -0.870. The number of hydrogen-bond acceptors (Lipinski definition) is 3. The highest BCUT2D eigenvalue weighted by atomic mass is 15.2. The van der Waals surface area contributed by atoms with Crippen molar-refractivity contribution >= 4 is 0 Å². The maximum Gasteiger partial charge on any atom is 0.105 e. The summed E-state index contributed by atoms with van der Waals surface area (Å²) < 4.78 is 2.11. The second-order valence-electron chi connectivity index (χ2n) is 4.99. The average molecular weight is 236 g/mol. The molecule has 1 fully saturated rings. The molecule has 17 heavy (non-hydrogen) atoms. The van der Waals surface area contributed by atoms with Gasteiger partial charge in [-0.15, -0.1) is 0 Å². The first-order valence-corrected chi connectivity index (χ1v) is 6.61. The lowest BCUT2D eigenvalue weighted by Crippen LogP contribution is -2.38. The van der Waals surface area contributed by atoms with E-state index in [9.17, 15) is 0 Å². The summed E-state index contributed by atoms with van der Waals surface area (Å²) in [6, 6.07) is 0.431. The molecule has 1 unspecified atom stereocenters. The second kappa shape index (κ2) is 5.65. The third kappa shape index (κ3) is 2.87. The largest absolute Gasteiger partial charge is 0.338 e. The molecular weight excluding hydrogens is 212 g/mol. The summed E-state index contributed by atoms with van der Waals surface area (Å²) in [6.45, 7) is 5.47. The average Bonchev–Trinajstić information content (AvgIpc) is 2.67. The molecule has 0 saturated carbocycles. The maximum atomic E-state index is 4.69. The molecule has 1 N–H and O–H groups in total. The first kappa shape index (κ1) is 12.6. The molecule has 1 atom stereocenters. The molecule has 0 aliphatic carbocycles. The zero-order valence-electron chi connectivity index (χ0n) is 11.2.